The highest BCUT2D eigenvalue weighted by molar-refractivity contribution is 7.18. The van der Waals surface area contributed by atoms with Crippen LogP contribution in [0.2, 0.25) is 0 Å². The second-order valence-electron chi connectivity index (χ2n) is 7.27. The van der Waals surface area contributed by atoms with Crippen LogP contribution < -0.4 is 10.7 Å². The number of aromatic nitrogens is 3. The Morgan fingerprint density at radius 2 is 1.96 bits per heavy atom. The van der Waals surface area contributed by atoms with E-state index in [9.17, 15) is 4.79 Å². The fraction of sp³-hybridized carbons (Fsp3) is 0.350. The van der Waals surface area contributed by atoms with E-state index in [4.69, 9.17) is 4.42 Å². The number of rotatable bonds is 3. The van der Waals surface area contributed by atoms with Crippen LogP contribution >= 0.6 is 11.3 Å². The van der Waals surface area contributed by atoms with Crippen molar-refractivity contribution in [3.63, 3.8) is 0 Å². The normalized spacial score (nSPS) is 15.7. The summed E-state index contributed by atoms with van der Waals surface area (Å²) in [6.45, 7) is 6.79. The molecule has 0 N–H and O–H groups in total. The quantitative estimate of drug-likeness (QED) is 0.531. The van der Waals surface area contributed by atoms with E-state index in [0.717, 1.165) is 54.3 Å². The summed E-state index contributed by atoms with van der Waals surface area (Å²) in [6.07, 6.45) is 1.67. The largest absolute Gasteiger partial charge is 0.419 e. The monoisotopic (exact) mass is 395 g/mol. The van der Waals surface area contributed by atoms with Crippen LogP contribution in [0, 0.1) is 6.92 Å². The van der Waals surface area contributed by atoms with Crippen LogP contribution in [0.25, 0.3) is 21.3 Å². The number of anilines is 1. The Morgan fingerprint density at radius 3 is 2.79 bits per heavy atom. The third-order valence-corrected chi connectivity index (χ3v) is 6.32. The minimum absolute atomic E-state index is 0.319. The van der Waals surface area contributed by atoms with Gasteiger partial charge in [0.15, 0.2) is 5.58 Å². The number of thiophene rings is 1. The number of piperazine rings is 1. The van der Waals surface area contributed by atoms with Crippen molar-refractivity contribution in [2.75, 3.05) is 31.1 Å². The molecule has 144 valence electrons. The fourth-order valence-electron chi connectivity index (χ4n) is 3.86. The molecule has 1 aromatic carbocycles. The van der Waals surface area contributed by atoms with Gasteiger partial charge in [-0.15, -0.1) is 11.3 Å². The summed E-state index contributed by atoms with van der Waals surface area (Å²) in [4.78, 5) is 27.8. The van der Waals surface area contributed by atoms with Gasteiger partial charge in [-0.3, -0.25) is 9.47 Å². The van der Waals surface area contributed by atoms with Crippen LogP contribution in [0.5, 0.6) is 0 Å². The molecule has 4 aromatic rings. The molecule has 0 aliphatic carbocycles. The van der Waals surface area contributed by atoms with Gasteiger partial charge in [0.05, 0.1) is 10.9 Å². The molecule has 8 heteroatoms. The van der Waals surface area contributed by atoms with Crippen molar-refractivity contribution in [2.24, 2.45) is 7.05 Å². The van der Waals surface area contributed by atoms with Crippen molar-refractivity contribution in [2.45, 2.75) is 13.5 Å². The molecule has 0 unspecified atom stereocenters. The van der Waals surface area contributed by atoms with E-state index in [2.05, 4.69) is 38.8 Å². The third-order valence-electron chi connectivity index (χ3n) is 5.37. The molecular weight excluding hydrogens is 374 g/mol. The summed E-state index contributed by atoms with van der Waals surface area (Å²) in [5.74, 6) is 0.726. The summed E-state index contributed by atoms with van der Waals surface area (Å²) in [5.41, 5.74) is 2.67. The van der Waals surface area contributed by atoms with Gasteiger partial charge in [-0.2, -0.15) is 0 Å². The first-order valence-corrected chi connectivity index (χ1v) is 10.2. The average Bonchev–Trinajstić information content (AvgIpc) is 3.21. The summed E-state index contributed by atoms with van der Waals surface area (Å²) in [7, 11) is 1.74. The van der Waals surface area contributed by atoms with E-state index < -0.39 is 0 Å². The van der Waals surface area contributed by atoms with Crippen LogP contribution in [0.3, 0.4) is 0 Å². The number of benzene rings is 1. The van der Waals surface area contributed by atoms with E-state index in [1.807, 2.05) is 12.1 Å². The summed E-state index contributed by atoms with van der Waals surface area (Å²) in [5, 5.41) is 1.16. The maximum atomic E-state index is 11.7. The smallest absolute Gasteiger partial charge is 0.408 e. The Labute approximate surface area is 165 Å². The van der Waals surface area contributed by atoms with Crippen molar-refractivity contribution in [3.8, 4) is 0 Å². The van der Waals surface area contributed by atoms with Crippen molar-refractivity contribution in [3.05, 3.63) is 51.6 Å². The lowest BCUT2D eigenvalue weighted by Crippen LogP contribution is -2.46. The first-order valence-electron chi connectivity index (χ1n) is 9.35. The van der Waals surface area contributed by atoms with Crippen LogP contribution in [0.15, 0.2) is 39.8 Å². The number of aryl methyl sites for hydroxylation is 2. The van der Waals surface area contributed by atoms with E-state index in [0.29, 0.717) is 5.58 Å². The number of fused-ring (bicyclic) bond motifs is 2. The molecular formula is C20H21N5O2S. The first kappa shape index (κ1) is 17.4. The maximum absolute atomic E-state index is 11.7. The summed E-state index contributed by atoms with van der Waals surface area (Å²) < 4.78 is 6.78. The third kappa shape index (κ3) is 2.98. The van der Waals surface area contributed by atoms with Gasteiger partial charge in [0.25, 0.3) is 0 Å². The molecule has 7 nitrogen and oxygen atoms in total. The second-order valence-corrected chi connectivity index (χ2v) is 8.50. The molecule has 1 fully saturated rings. The van der Waals surface area contributed by atoms with E-state index in [-0.39, 0.29) is 5.76 Å². The fourth-order valence-corrected chi connectivity index (χ4v) is 4.70. The maximum Gasteiger partial charge on any atom is 0.419 e. The highest BCUT2D eigenvalue weighted by Crippen LogP contribution is 2.30. The molecule has 4 heterocycles. The van der Waals surface area contributed by atoms with Gasteiger partial charge in [0, 0.05) is 44.6 Å². The zero-order valence-electron chi connectivity index (χ0n) is 15.9. The summed E-state index contributed by atoms with van der Waals surface area (Å²) >= 11 is 1.72. The molecule has 3 aromatic heterocycles. The summed E-state index contributed by atoms with van der Waals surface area (Å²) in [6, 6.07) is 8.17. The predicted octanol–water partition coefficient (Wildman–Crippen LogP) is 2.77. The van der Waals surface area contributed by atoms with Gasteiger partial charge >= 0.3 is 5.76 Å². The average molecular weight is 395 g/mol. The minimum Gasteiger partial charge on any atom is -0.408 e. The number of hydrogen-bond donors (Lipinski definition) is 0. The van der Waals surface area contributed by atoms with E-state index >= 15 is 0 Å². The Bertz CT molecular complexity index is 1220. The molecule has 0 amide bonds. The zero-order valence-corrected chi connectivity index (χ0v) is 16.7. The highest BCUT2D eigenvalue weighted by atomic mass is 32.1. The Kier molecular flexibility index (Phi) is 4.17. The van der Waals surface area contributed by atoms with Gasteiger partial charge < -0.3 is 9.32 Å². The van der Waals surface area contributed by atoms with Gasteiger partial charge in [-0.05, 0) is 30.7 Å². The molecule has 1 aliphatic rings. The van der Waals surface area contributed by atoms with Gasteiger partial charge in [0.2, 0.25) is 0 Å². The molecule has 1 saturated heterocycles. The van der Waals surface area contributed by atoms with E-state index in [1.54, 1.807) is 29.3 Å². The van der Waals surface area contributed by atoms with Crippen molar-refractivity contribution in [1.29, 1.82) is 0 Å². The molecule has 5 rings (SSSR count). The van der Waals surface area contributed by atoms with Crippen LogP contribution in [-0.4, -0.2) is 45.6 Å². The highest BCUT2D eigenvalue weighted by Gasteiger charge is 2.21. The van der Waals surface area contributed by atoms with Gasteiger partial charge in [-0.1, -0.05) is 6.07 Å². The molecule has 0 atom stereocenters. The molecule has 0 bridgehead atoms. The second kappa shape index (κ2) is 6.72. The van der Waals surface area contributed by atoms with Gasteiger partial charge in [-0.25, -0.2) is 14.8 Å². The lowest BCUT2D eigenvalue weighted by molar-refractivity contribution is 0.249. The van der Waals surface area contributed by atoms with Crippen molar-refractivity contribution in [1.82, 2.24) is 19.4 Å². The van der Waals surface area contributed by atoms with E-state index in [1.165, 1.54) is 10.4 Å². The Hall–Kier alpha value is -2.71. The Morgan fingerprint density at radius 1 is 1.14 bits per heavy atom. The van der Waals surface area contributed by atoms with Crippen LogP contribution in [0.1, 0.15) is 10.4 Å². The van der Waals surface area contributed by atoms with Crippen molar-refractivity contribution >= 4 is 38.5 Å². The lowest BCUT2D eigenvalue weighted by atomic mass is 10.1. The molecule has 0 spiro atoms. The number of nitrogens with zero attached hydrogens (tertiary/aromatic N) is 5. The lowest BCUT2D eigenvalue weighted by Gasteiger charge is -2.35. The van der Waals surface area contributed by atoms with Crippen molar-refractivity contribution < 1.29 is 4.42 Å². The predicted molar refractivity (Wildman–Crippen MR) is 111 cm³/mol. The standard InChI is InChI=1S/C20H21N5O2S/c1-13-9-15-18(21-12-22-19(15)28-13)25-7-5-24(6-8-25)11-14-3-4-17-16(10-14)23(2)20(26)27-17/h3-4,9-10,12H,5-8,11H2,1-2H3. The van der Waals surface area contributed by atoms with Crippen LogP contribution in [0.4, 0.5) is 5.82 Å². The minimum atomic E-state index is -0.319. The molecule has 1 aliphatic heterocycles. The van der Waals surface area contributed by atoms with Gasteiger partial charge in [0.1, 0.15) is 17.0 Å². The first-order chi connectivity index (χ1) is 13.6. The topological polar surface area (TPSA) is 67.4 Å². The Balaban J connectivity index is 1.30. The SMILES string of the molecule is Cc1cc2c(N3CCN(Cc4ccc5oc(=O)n(C)c5c4)CC3)ncnc2s1. The molecule has 0 radical (unpaired) electrons. The number of hydrogen-bond acceptors (Lipinski definition) is 7. The van der Waals surface area contributed by atoms with Crippen LogP contribution in [-0.2, 0) is 13.6 Å². The zero-order chi connectivity index (χ0) is 19.3. The molecule has 28 heavy (non-hydrogen) atoms. The number of oxazole rings is 1. The molecule has 0 saturated carbocycles.